The average Bonchev–Trinajstić information content (AvgIpc) is 2.91. The molecular formula is C26H20ClF2N5O3. The van der Waals surface area contributed by atoms with Crippen molar-refractivity contribution in [3.05, 3.63) is 88.6 Å². The largest absolute Gasteiger partial charge is 0.378 e. The summed E-state index contributed by atoms with van der Waals surface area (Å²) in [4.78, 5) is 36.6. The van der Waals surface area contributed by atoms with Crippen molar-refractivity contribution in [2.45, 2.75) is 0 Å². The second-order valence-corrected chi connectivity index (χ2v) is 8.67. The summed E-state index contributed by atoms with van der Waals surface area (Å²) < 4.78 is 33.6. The van der Waals surface area contributed by atoms with E-state index in [1.54, 1.807) is 24.4 Å². The number of anilines is 3. The Morgan fingerprint density at radius 3 is 2.38 bits per heavy atom. The maximum Gasteiger partial charge on any atom is 0.323 e. The van der Waals surface area contributed by atoms with Gasteiger partial charge in [0.15, 0.2) is 5.78 Å². The number of benzene rings is 3. The Bertz CT molecular complexity index is 1510. The molecule has 37 heavy (non-hydrogen) atoms. The highest BCUT2D eigenvalue weighted by Gasteiger charge is 2.18. The number of rotatable bonds is 5. The lowest BCUT2D eigenvalue weighted by Gasteiger charge is -2.27. The van der Waals surface area contributed by atoms with E-state index in [1.165, 1.54) is 24.3 Å². The van der Waals surface area contributed by atoms with Crippen LogP contribution in [0.4, 0.5) is 30.8 Å². The van der Waals surface area contributed by atoms with Gasteiger partial charge in [0.1, 0.15) is 17.5 Å². The van der Waals surface area contributed by atoms with Crippen molar-refractivity contribution in [3.63, 3.8) is 0 Å². The van der Waals surface area contributed by atoms with Gasteiger partial charge in [-0.15, -0.1) is 0 Å². The second-order valence-electron chi connectivity index (χ2n) is 8.26. The lowest BCUT2D eigenvalue weighted by atomic mass is 10.0. The molecule has 188 valence electrons. The molecule has 4 aromatic rings. The Labute approximate surface area is 215 Å². The molecule has 1 fully saturated rings. The van der Waals surface area contributed by atoms with Gasteiger partial charge in [0.25, 0.3) is 0 Å². The summed E-state index contributed by atoms with van der Waals surface area (Å²) in [6.07, 6.45) is 1.67. The molecule has 0 bridgehead atoms. The van der Waals surface area contributed by atoms with E-state index in [0.29, 0.717) is 43.2 Å². The number of ketones is 1. The minimum atomic E-state index is -0.746. The van der Waals surface area contributed by atoms with Gasteiger partial charge in [-0.05, 0) is 54.6 Å². The molecule has 8 nitrogen and oxygen atoms in total. The summed E-state index contributed by atoms with van der Waals surface area (Å²) >= 11 is 5.65. The lowest BCUT2D eigenvalue weighted by molar-refractivity contribution is 0.103. The van der Waals surface area contributed by atoms with E-state index < -0.39 is 23.4 Å². The maximum atomic E-state index is 14.6. The van der Waals surface area contributed by atoms with Crippen molar-refractivity contribution in [2.24, 2.45) is 0 Å². The molecular weight excluding hydrogens is 504 g/mol. The Morgan fingerprint density at radius 1 is 0.892 bits per heavy atom. The predicted octanol–water partition coefficient (Wildman–Crippen LogP) is 5.27. The number of carbonyl (C=O) groups is 2. The smallest absolute Gasteiger partial charge is 0.323 e. The van der Waals surface area contributed by atoms with Gasteiger partial charge in [0.2, 0.25) is 0 Å². The number of hydrogen-bond acceptors (Lipinski definition) is 6. The third kappa shape index (κ3) is 5.50. The number of hydrogen-bond donors (Lipinski definition) is 2. The van der Waals surface area contributed by atoms with E-state index in [4.69, 9.17) is 16.3 Å². The van der Waals surface area contributed by atoms with E-state index in [0.717, 1.165) is 12.1 Å². The Balaban J connectivity index is 1.36. The zero-order valence-electron chi connectivity index (χ0n) is 19.3. The quantitative estimate of drug-likeness (QED) is 0.346. The predicted molar refractivity (Wildman–Crippen MR) is 136 cm³/mol. The molecule has 0 aliphatic carbocycles. The van der Waals surface area contributed by atoms with Gasteiger partial charge in [-0.3, -0.25) is 9.78 Å². The molecule has 1 aliphatic heterocycles. The number of fused-ring (bicyclic) bond motifs is 1. The number of ether oxygens (including phenoxy) is 1. The van der Waals surface area contributed by atoms with Gasteiger partial charge in [0.05, 0.1) is 41.0 Å². The molecule has 0 atom stereocenters. The zero-order valence-corrected chi connectivity index (χ0v) is 20.1. The van der Waals surface area contributed by atoms with Crippen molar-refractivity contribution in [1.29, 1.82) is 0 Å². The van der Waals surface area contributed by atoms with Gasteiger partial charge in [-0.2, -0.15) is 0 Å². The van der Waals surface area contributed by atoms with Crippen LogP contribution in [-0.4, -0.2) is 48.1 Å². The molecule has 0 saturated carbocycles. The Morgan fingerprint density at radius 2 is 1.62 bits per heavy atom. The second kappa shape index (κ2) is 10.5. The lowest BCUT2D eigenvalue weighted by Crippen LogP contribution is -2.36. The van der Waals surface area contributed by atoms with Crippen LogP contribution in [0.15, 0.2) is 60.8 Å². The molecule has 1 saturated heterocycles. The van der Waals surface area contributed by atoms with Gasteiger partial charge < -0.3 is 20.3 Å². The number of nitrogens with zero attached hydrogens (tertiary/aromatic N) is 3. The summed E-state index contributed by atoms with van der Waals surface area (Å²) in [5.41, 5.74) is 1.43. The fourth-order valence-electron chi connectivity index (χ4n) is 3.89. The molecule has 1 aliphatic rings. The topological polar surface area (TPSA) is 96.5 Å². The fourth-order valence-corrected chi connectivity index (χ4v) is 4.01. The summed E-state index contributed by atoms with van der Waals surface area (Å²) in [6.45, 7) is 2.56. The van der Waals surface area contributed by atoms with Crippen molar-refractivity contribution >= 4 is 51.6 Å². The molecule has 3 aromatic carbocycles. The van der Waals surface area contributed by atoms with Crippen LogP contribution >= 0.6 is 11.6 Å². The maximum absolute atomic E-state index is 14.6. The fraction of sp³-hybridized carbons (Fsp3) is 0.154. The summed E-state index contributed by atoms with van der Waals surface area (Å²) in [5, 5.41) is 4.88. The first-order valence-corrected chi connectivity index (χ1v) is 11.7. The number of carbonyl (C=O) groups excluding carboxylic acids is 2. The highest BCUT2D eigenvalue weighted by Crippen LogP contribution is 2.23. The molecule has 0 unspecified atom stereocenters. The van der Waals surface area contributed by atoms with Crippen molar-refractivity contribution < 1.29 is 23.1 Å². The molecule has 0 radical (unpaired) electrons. The average molecular weight is 524 g/mol. The van der Waals surface area contributed by atoms with Gasteiger partial charge in [-0.1, -0.05) is 11.6 Å². The van der Waals surface area contributed by atoms with Crippen LogP contribution in [0, 0.1) is 11.6 Å². The summed E-state index contributed by atoms with van der Waals surface area (Å²) in [6, 6.07) is 11.5. The van der Waals surface area contributed by atoms with Gasteiger partial charge in [0, 0.05) is 30.0 Å². The van der Waals surface area contributed by atoms with Crippen LogP contribution in [0.2, 0.25) is 5.02 Å². The standard InChI is InChI=1S/C26H20ClF2N5O3/c27-19-4-2-17(13-21(19)29)32-26(36)31-16-3-5-20(28)18(12-16)25(35)15-1-6-22-23(11-15)33-24(14-30-22)34-7-9-37-10-8-34/h1-6,11-14H,7-10H2,(H2,31,32,36). The number of halogens is 3. The molecule has 2 amide bonds. The summed E-state index contributed by atoms with van der Waals surface area (Å²) in [7, 11) is 0. The van der Waals surface area contributed by atoms with E-state index >= 15 is 0 Å². The first kappa shape index (κ1) is 24.5. The van der Waals surface area contributed by atoms with Crippen LogP contribution < -0.4 is 15.5 Å². The van der Waals surface area contributed by atoms with E-state index in [2.05, 4.69) is 20.6 Å². The third-order valence-corrected chi connectivity index (χ3v) is 6.08. The van der Waals surface area contributed by atoms with E-state index in [9.17, 15) is 18.4 Å². The number of urea groups is 1. The van der Waals surface area contributed by atoms with Gasteiger partial charge in [-0.25, -0.2) is 18.6 Å². The highest BCUT2D eigenvalue weighted by molar-refractivity contribution is 6.30. The van der Waals surface area contributed by atoms with E-state index in [-0.39, 0.29) is 27.5 Å². The van der Waals surface area contributed by atoms with Crippen LogP contribution in [0.25, 0.3) is 11.0 Å². The first-order valence-electron chi connectivity index (χ1n) is 11.3. The van der Waals surface area contributed by atoms with Crippen molar-refractivity contribution in [1.82, 2.24) is 9.97 Å². The summed E-state index contributed by atoms with van der Waals surface area (Å²) in [5.74, 6) is -1.35. The minimum absolute atomic E-state index is 0.0790. The van der Waals surface area contributed by atoms with Crippen LogP contribution in [-0.2, 0) is 4.74 Å². The first-order chi connectivity index (χ1) is 17.9. The monoisotopic (exact) mass is 523 g/mol. The minimum Gasteiger partial charge on any atom is -0.378 e. The zero-order chi connectivity index (χ0) is 25.9. The SMILES string of the molecule is O=C(Nc1ccc(Cl)c(F)c1)Nc1ccc(F)c(C(=O)c2ccc3ncc(N4CCOCC4)nc3c2)c1. The highest BCUT2D eigenvalue weighted by atomic mass is 35.5. The van der Waals surface area contributed by atoms with Crippen LogP contribution in [0.5, 0.6) is 0 Å². The number of morpholine rings is 1. The number of aromatic nitrogens is 2. The molecule has 11 heteroatoms. The van der Waals surface area contributed by atoms with Crippen LogP contribution in [0.3, 0.4) is 0 Å². The van der Waals surface area contributed by atoms with E-state index in [1.807, 2.05) is 4.90 Å². The van der Waals surface area contributed by atoms with Crippen LogP contribution in [0.1, 0.15) is 15.9 Å². The molecule has 1 aromatic heterocycles. The Kier molecular flexibility index (Phi) is 6.93. The van der Waals surface area contributed by atoms with Crippen molar-refractivity contribution in [2.75, 3.05) is 41.8 Å². The molecule has 5 rings (SSSR count). The number of nitrogens with one attached hydrogen (secondary N) is 2. The molecule has 2 heterocycles. The van der Waals surface area contributed by atoms with Gasteiger partial charge >= 0.3 is 6.03 Å². The molecule has 0 spiro atoms. The third-order valence-electron chi connectivity index (χ3n) is 5.77. The molecule has 2 N–H and O–H groups in total. The number of amides is 2. The Hall–Kier alpha value is -4.15. The van der Waals surface area contributed by atoms with Crippen molar-refractivity contribution in [3.8, 4) is 0 Å². The normalized spacial score (nSPS) is 13.4.